The van der Waals surface area contributed by atoms with E-state index >= 15 is 0 Å². The van der Waals surface area contributed by atoms with E-state index in [0.717, 1.165) is 6.42 Å². The van der Waals surface area contributed by atoms with E-state index in [-0.39, 0.29) is 21.1 Å². The van der Waals surface area contributed by atoms with Gasteiger partial charge in [0.2, 0.25) is 0 Å². The monoisotopic (exact) mass is 354 g/mol. The van der Waals surface area contributed by atoms with Gasteiger partial charge in [0.15, 0.2) is 0 Å². The zero-order valence-electron chi connectivity index (χ0n) is 18.4. The first kappa shape index (κ1) is 23.4. The molecule has 0 spiro atoms. The van der Waals surface area contributed by atoms with Crippen molar-refractivity contribution in [2.75, 3.05) is 6.61 Å². The Balaban J connectivity index is 5.35. The van der Waals surface area contributed by atoms with Crippen LogP contribution in [0.15, 0.2) is 11.8 Å². The van der Waals surface area contributed by atoms with Gasteiger partial charge in [-0.25, -0.2) is 0 Å². The highest BCUT2D eigenvalue weighted by atomic mass is 28.3. The molecule has 0 aromatic rings. The maximum atomic E-state index is 11.9. The van der Waals surface area contributed by atoms with E-state index in [9.17, 15) is 4.79 Å². The Morgan fingerprint density at radius 2 is 1.17 bits per heavy atom. The van der Waals surface area contributed by atoms with Crippen LogP contribution < -0.4 is 0 Å². The van der Waals surface area contributed by atoms with Crippen LogP contribution in [-0.4, -0.2) is 20.7 Å². The van der Waals surface area contributed by atoms with Crippen molar-refractivity contribution in [1.29, 1.82) is 0 Å². The summed E-state index contributed by atoms with van der Waals surface area (Å²) < 4.78 is 5.40. The van der Waals surface area contributed by atoms with Gasteiger partial charge in [-0.05, 0) is 42.3 Å². The van der Waals surface area contributed by atoms with Gasteiger partial charge in [0.25, 0.3) is 0 Å². The van der Waals surface area contributed by atoms with E-state index in [1.165, 1.54) is 0 Å². The highest BCUT2D eigenvalue weighted by Gasteiger charge is 2.57. The van der Waals surface area contributed by atoms with E-state index in [2.05, 4.69) is 74.1 Å². The lowest BCUT2D eigenvalue weighted by Gasteiger charge is -2.58. The number of hydrogen-bond acceptors (Lipinski definition) is 2. The normalized spacial score (nSPS) is 15.0. The van der Waals surface area contributed by atoms with Crippen molar-refractivity contribution in [2.45, 2.75) is 105 Å². The summed E-state index contributed by atoms with van der Waals surface area (Å²) in [5, 5.41) is 0.756. The molecule has 0 unspecified atom stereocenters. The number of hydrogen-bond donors (Lipinski definition) is 0. The van der Waals surface area contributed by atoms with Crippen LogP contribution >= 0.6 is 0 Å². The fourth-order valence-corrected chi connectivity index (χ4v) is 13.6. The van der Waals surface area contributed by atoms with Crippen LogP contribution in [0.3, 0.4) is 0 Å². The van der Waals surface area contributed by atoms with E-state index in [4.69, 9.17) is 4.74 Å². The lowest BCUT2D eigenvalue weighted by Crippen LogP contribution is -2.57. The fourth-order valence-electron chi connectivity index (χ4n) is 4.82. The Kier molecular flexibility index (Phi) is 7.18. The average Bonchev–Trinajstić information content (AvgIpc) is 2.26. The lowest BCUT2D eigenvalue weighted by molar-refractivity contribution is -0.152. The number of carbonyl (C=O) groups excluding carboxylic acids is 1. The molecule has 0 aliphatic rings. The van der Waals surface area contributed by atoms with Crippen LogP contribution in [0.4, 0.5) is 0 Å². The number of ether oxygens (including phenoxy) is 1. The Morgan fingerprint density at radius 3 is 1.46 bits per heavy atom. The second-order valence-corrected chi connectivity index (χ2v) is 17.6. The second-order valence-electron chi connectivity index (χ2n) is 11.1. The minimum atomic E-state index is -1.84. The van der Waals surface area contributed by atoms with Crippen molar-refractivity contribution in [3.8, 4) is 0 Å². The predicted octanol–water partition coefficient (Wildman–Crippen LogP) is 6.91. The molecule has 0 aromatic carbocycles. The molecule has 0 saturated heterocycles. The van der Waals surface area contributed by atoms with Crippen LogP contribution in [0.1, 0.15) is 89.5 Å². The highest BCUT2D eigenvalue weighted by molar-refractivity contribution is 6.91. The van der Waals surface area contributed by atoms with E-state index in [1.807, 2.05) is 20.8 Å². The van der Waals surface area contributed by atoms with Crippen molar-refractivity contribution in [1.82, 2.24) is 0 Å². The molecular formula is C21H42O2Si. The molecule has 142 valence electrons. The van der Waals surface area contributed by atoms with Crippen LogP contribution in [0.25, 0.3) is 0 Å². The SMILES string of the molecule is CC(C)(C)C(=O)OCC/C=C/[Si](C(C)(C)C)(C(C)(C)C)C(C)(C)C. The third-order valence-corrected chi connectivity index (χ3v) is 12.9. The Morgan fingerprint density at radius 1 is 0.792 bits per heavy atom. The summed E-state index contributed by atoms with van der Waals surface area (Å²) >= 11 is 0. The molecule has 0 saturated carbocycles. The minimum absolute atomic E-state index is 0.123. The highest BCUT2D eigenvalue weighted by Crippen LogP contribution is 2.62. The van der Waals surface area contributed by atoms with Gasteiger partial charge >= 0.3 is 5.97 Å². The maximum absolute atomic E-state index is 11.9. The summed E-state index contributed by atoms with van der Waals surface area (Å²) in [5.74, 6) is -0.123. The topological polar surface area (TPSA) is 26.3 Å². The first-order valence-corrected chi connectivity index (χ1v) is 11.3. The third kappa shape index (κ3) is 5.21. The summed E-state index contributed by atoms with van der Waals surface area (Å²) in [6.07, 6.45) is 3.06. The Hall–Kier alpha value is -0.573. The summed E-state index contributed by atoms with van der Waals surface area (Å²) in [7, 11) is -1.84. The summed E-state index contributed by atoms with van der Waals surface area (Å²) in [6, 6.07) is 0. The molecule has 2 nitrogen and oxygen atoms in total. The minimum Gasteiger partial charge on any atom is -0.465 e. The van der Waals surface area contributed by atoms with Gasteiger partial charge in [-0.2, -0.15) is 0 Å². The van der Waals surface area contributed by atoms with Crippen molar-refractivity contribution in [2.24, 2.45) is 5.41 Å². The quantitative estimate of drug-likeness (QED) is 0.311. The first-order chi connectivity index (χ1) is 10.4. The van der Waals surface area contributed by atoms with E-state index in [0.29, 0.717) is 6.61 Å². The summed E-state index contributed by atoms with van der Waals surface area (Å²) in [6.45, 7) is 27.6. The molecule has 3 heteroatoms. The van der Waals surface area contributed by atoms with Crippen LogP contribution in [0, 0.1) is 5.41 Å². The van der Waals surface area contributed by atoms with E-state index in [1.54, 1.807) is 0 Å². The predicted molar refractivity (Wildman–Crippen MR) is 109 cm³/mol. The molecule has 0 aliphatic carbocycles. The van der Waals surface area contributed by atoms with Crippen LogP contribution in [0.5, 0.6) is 0 Å². The fraction of sp³-hybridized carbons (Fsp3) is 0.857. The van der Waals surface area contributed by atoms with Crippen LogP contribution in [0.2, 0.25) is 15.1 Å². The largest absolute Gasteiger partial charge is 0.465 e. The zero-order chi connectivity index (χ0) is 19.6. The van der Waals surface area contributed by atoms with Crippen molar-refractivity contribution in [3.63, 3.8) is 0 Å². The lowest BCUT2D eigenvalue weighted by atomic mass is 9.97. The molecule has 0 aliphatic heterocycles. The third-order valence-electron chi connectivity index (χ3n) is 5.05. The summed E-state index contributed by atoms with van der Waals surface area (Å²) in [4.78, 5) is 11.9. The molecule has 24 heavy (non-hydrogen) atoms. The van der Waals surface area contributed by atoms with Crippen molar-refractivity contribution in [3.05, 3.63) is 11.8 Å². The number of rotatable bonds is 4. The molecule has 0 fully saturated rings. The number of esters is 1. The average molecular weight is 355 g/mol. The molecule has 0 N–H and O–H groups in total. The van der Waals surface area contributed by atoms with E-state index < -0.39 is 13.5 Å². The first-order valence-electron chi connectivity index (χ1n) is 9.23. The Labute approximate surface area is 152 Å². The molecule has 0 radical (unpaired) electrons. The van der Waals surface area contributed by atoms with Crippen molar-refractivity contribution >= 4 is 14.0 Å². The second kappa shape index (κ2) is 7.35. The van der Waals surface area contributed by atoms with Gasteiger partial charge in [-0.1, -0.05) is 74.1 Å². The van der Waals surface area contributed by atoms with Gasteiger partial charge in [-0.15, -0.1) is 0 Å². The molecule has 0 bridgehead atoms. The standard InChI is InChI=1S/C21H42O2Si/c1-18(2,3)17(22)23-15-13-14-16-24(19(4,5)6,20(7,8)9)21(10,11)12/h14,16H,13,15H2,1-12H3/b16-14+. The van der Waals surface area contributed by atoms with Gasteiger partial charge in [0.1, 0.15) is 0 Å². The maximum Gasteiger partial charge on any atom is 0.311 e. The van der Waals surface area contributed by atoms with Crippen LogP contribution in [-0.2, 0) is 9.53 Å². The molecule has 0 atom stereocenters. The molecule has 0 aromatic heterocycles. The summed E-state index contributed by atoms with van der Waals surface area (Å²) in [5.41, 5.74) is 2.10. The molecule has 0 heterocycles. The van der Waals surface area contributed by atoms with Gasteiger partial charge in [0, 0.05) is 0 Å². The molecular weight excluding hydrogens is 312 g/mol. The van der Waals surface area contributed by atoms with Gasteiger partial charge in [-0.3, -0.25) is 4.79 Å². The van der Waals surface area contributed by atoms with Gasteiger partial charge in [0.05, 0.1) is 20.1 Å². The zero-order valence-corrected chi connectivity index (χ0v) is 19.4. The van der Waals surface area contributed by atoms with Gasteiger partial charge < -0.3 is 4.74 Å². The Bertz CT molecular complexity index is 412. The van der Waals surface area contributed by atoms with Crippen molar-refractivity contribution < 1.29 is 9.53 Å². The molecule has 0 rings (SSSR count). The smallest absolute Gasteiger partial charge is 0.311 e. The molecule has 0 amide bonds. The number of carbonyl (C=O) groups is 1.